The molecule has 1 heterocycles. The third-order valence-electron chi connectivity index (χ3n) is 3.55. The number of nitrogens with zero attached hydrogens (tertiary/aromatic N) is 2. The van der Waals surface area contributed by atoms with Gasteiger partial charge in [0.05, 0.1) is 5.92 Å². The number of rotatable bonds is 4. The molecule has 2 aromatic rings. The molecule has 21 heavy (non-hydrogen) atoms. The van der Waals surface area contributed by atoms with Crippen molar-refractivity contribution in [2.75, 3.05) is 5.32 Å². The summed E-state index contributed by atoms with van der Waals surface area (Å²) in [5.41, 5.74) is 6.50. The van der Waals surface area contributed by atoms with E-state index in [1.807, 2.05) is 36.4 Å². The Kier molecular flexibility index (Phi) is 3.96. The minimum atomic E-state index is -0.273. The van der Waals surface area contributed by atoms with Gasteiger partial charge in [-0.05, 0) is 12.8 Å². The van der Waals surface area contributed by atoms with Crippen LogP contribution in [0.1, 0.15) is 12.8 Å². The topological polar surface area (TPSA) is 80.9 Å². The maximum atomic E-state index is 11.5. The van der Waals surface area contributed by atoms with Crippen molar-refractivity contribution in [3.05, 3.63) is 42.5 Å². The molecule has 0 fully saturated rings. The average molecular weight is 300 g/mol. The molecule has 3 N–H and O–H groups in total. The van der Waals surface area contributed by atoms with Crippen LogP contribution < -0.4 is 11.1 Å². The molecule has 1 amide bonds. The summed E-state index contributed by atoms with van der Waals surface area (Å²) in [6.45, 7) is 0. The first kappa shape index (κ1) is 13.8. The number of hydrogen-bond donors (Lipinski definition) is 2. The van der Waals surface area contributed by atoms with Crippen LogP contribution >= 0.6 is 11.3 Å². The normalized spacial score (nSPS) is 21.1. The third kappa shape index (κ3) is 3.11. The molecule has 0 bridgehead atoms. The van der Waals surface area contributed by atoms with Gasteiger partial charge in [-0.2, -0.15) is 0 Å². The highest BCUT2D eigenvalue weighted by Crippen LogP contribution is 2.29. The van der Waals surface area contributed by atoms with Gasteiger partial charge in [-0.25, -0.2) is 0 Å². The van der Waals surface area contributed by atoms with E-state index in [0.29, 0.717) is 6.42 Å². The van der Waals surface area contributed by atoms with Crippen molar-refractivity contribution in [1.29, 1.82) is 0 Å². The number of aromatic nitrogens is 2. The van der Waals surface area contributed by atoms with Crippen LogP contribution in [0.5, 0.6) is 0 Å². The molecule has 0 spiro atoms. The van der Waals surface area contributed by atoms with Crippen molar-refractivity contribution in [2.24, 2.45) is 11.7 Å². The maximum Gasteiger partial charge on any atom is 0.222 e. The van der Waals surface area contributed by atoms with Gasteiger partial charge in [0.1, 0.15) is 5.01 Å². The Balaban J connectivity index is 1.75. The Morgan fingerprint density at radius 1 is 1.19 bits per heavy atom. The molecule has 1 aliphatic rings. The van der Waals surface area contributed by atoms with E-state index in [9.17, 15) is 4.79 Å². The highest BCUT2D eigenvalue weighted by Gasteiger charge is 2.27. The first-order valence-electron chi connectivity index (χ1n) is 6.84. The second-order valence-electron chi connectivity index (χ2n) is 4.98. The van der Waals surface area contributed by atoms with Crippen molar-refractivity contribution in [3.8, 4) is 10.6 Å². The Hall–Kier alpha value is -2.21. The number of carbonyl (C=O) groups is 1. The van der Waals surface area contributed by atoms with E-state index >= 15 is 0 Å². The van der Waals surface area contributed by atoms with Gasteiger partial charge in [0.2, 0.25) is 11.0 Å². The van der Waals surface area contributed by atoms with Gasteiger partial charge in [0.25, 0.3) is 0 Å². The van der Waals surface area contributed by atoms with E-state index in [2.05, 4.69) is 21.6 Å². The lowest BCUT2D eigenvalue weighted by atomic mass is 9.88. The number of carbonyl (C=O) groups excluding carboxylic acids is 1. The minimum absolute atomic E-state index is 0.0101. The molecule has 0 aliphatic heterocycles. The summed E-state index contributed by atoms with van der Waals surface area (Å²) in [6.07, 6.45) is 5.52. The van der Waals surface area contributed by atoms with E-state index in [0.717, 1.165) is 22.1 Å². The fraction of sp³-hybridized carbons (Fsp3) is 0.267. The van der Waals surface area contributed by atoms with E-state index in [1.54, 1.807) is 0 Å². The zero-order chi connectivity index (χ0) is 14.7. The second-order valence-corrected chi connectivity index (χ2v) is 5.96. The Morgan fingerprint density at radius 3 is 2.71 bits per heavy atom. The van der Waals surface area contributed by atoms with Crippen molar-refractivity contribution < 1.29 is 4.79 Å². The van der Waals surface area contributed by atoms with Gasteiger partial charge in [-0.15, -0.1) is 10.2 Å². The Bertz CT molecular complexity index is 653. The number of anilines is 1. The highest BCUT2D eigenvalue weighted by atomic mass is 32.1. The fourth-order valence-electron chi connectivity index (χ4n) is 2.43. The van der Waals surface area contributed by atoms with Gasteiger partial charge >= 0.3 is 0 Å². The summed E-state index contributed by atoms with van der Waals surface area (Å²) in [6, 6.07) is 9.90. The summed E-state index contributed by atoms with van der Waals surface area (Å²) in [4.78, 5) is 11.5. The number of amides is 1. The van der Waals surface area contributed by atoms with Gasteiger partial charge < -0.3 is 11.1 Å². The summed E-state index contributed by atoms with van der Waals surface area (Å²) >= 11 is 1.48. The zero-order valence-electron chi connectivity index (χ0n) is 11.4. The standard InChI is InChI=1S/C15H16N4OS/c16-13(20)11-8-4-5-9-12(11)17-15-19-18-14(21-15)10-6-2-1-3-7-10/h1-7,11-12H,8-9H2,(H2,16,20)(H,17,19)/t11-,12-/m0/s1. The third-order valence-corrected chi connectivity index (χ3v) is 4.46. The highest BCUT2D eigenvalue weighted by molar-refractivity contribution is 7.18. The van der Waals surface area contributed by atoms with Crippen LogP contribution in [0.2, 0.25) is 0 Å². The fourth-order valence-corrected chi connectivity index (χ4v) is 3.24. The van der Waals surface area contributed by atoms with Crippen LogP contribution in [0.25, 0.3) is 10.6 Å². The lowest BCUT2D eigenvalue weighted by molar-refractivity contribution is -0.122. The van der Waals surface area contributed by atoms with Crippen LogP contribution in [0, 0.1) is 5.92 Å². The number of benzene rings is 1. The molecule has 0 saturated heterocycles. The molecule has 3 rings (SSSR count). The van der Waals surface area contributed by atoms with Crippen LogP contribution in [0.4, 0.5) is 5.13 Å². The van der Waals surface area contributed by atoms with Crippen molar-refractivity contribution in [1.82, 2.24) is 10.2 Å². The summed E-state index contributed by atoms with van der Waals surface area (Å²) in [7, 11) is 0. The van der Waals surface area contributed by atoms with Crippen molar-refractivity contribution >= 4 is 22.4 Å². The van der Waals surface area contributed by atoms with Crippen LogP contribution in [-0.4, -0.2) is 22.1 Å². The molecule has 1 aliphatic carbocycles. The number of hydrogen-bond acceptors (Lipinski definition) is 5. The molecule has 0 unspecified atom stereocenters. The molecular weight excluding hydrogens is 284 g/mol. The first-order chi connectivity index (χ1) is 10.2. The lowest BCUT2D eigenvalue weighted by Crippen LogP contribution is -2.39. The number of primary amides is 1. The number of allylic oxidation sites excluding steroid dienone is 1. The molecular formula is C15H16N4OS. The van der Waals surface area contributed by atoms with Gasteiger partial charge in [0.15, 0.2) is 0 Å². The molecule has 0 saturated carbocycles. The second kappa shape index (κ2) is 6.05. The van der Waals surface area contributed by atoms with E-state index in [1.165, 1.54) is 11.3 Å². The minimum Gasteiger partial charge on any atom is -0.369 e. The maximum absolute atomic E-state index is 11.5. The largest absolute Gasteiger partial charge is 0.369 e. The van der Waals surface area contributed by atoms with Crippen LogP contribution in [0.15, 0.2) is 42.5 Å². The van der Waals surface area contributed by atoms with Crippen LogP contribution in [0.3, 0.4) is 0 Å². The predicted molar refractivity (Wildman–Crippen MR) is 83.8 cm³/mol. The molecule has 108 valence electrons. The average Bonchev–Trinajstić information content (AvgIpc) is 2.97. The van der Waals surface area contributed by atoms with E-state index in [-0.39, 0.29) is 17.9 Å². The van der Waals surface area contributed by atoms with E-state index in [4.69, 9.17) is 5.73 Å². The first-order valence-corrected chi connectivity index (χ1v) is 7.65. The summed E-state index contributed by atoms with van der Waals surface area (Å²) in [5.74, 6) is -0.469. The quantitative estimate of drug-likeness (QED) is 0.850. The lowest BCUT2D eigenvalue weighted by Gasteiger charge is -2.26. The van der Waals surface area contributed by atoms with Gasteiger partial charge in [-0.3, -0.25) is 4.79 Å². The SMILES string of the molecule is NC(=O)[C@H]1CC=CC[C@@H]1Nc1nnc(-c2ccccc2)s1. The summed E-state index contributed by atoms with van der Waals surface area (Å²) < 4.78 is 0. The Morgan fingerprint density at radius 2 is 1.95 bits per heavy atom. The molecule has 6 heteroatoms. The van der Waals surface area contributed by atoms with Gasteiger partial charge in [-0.1, -0.05) is 53.8 Å². The van der Waals surface area contributed by atoms with Crippen LogP contribution in [-0.2, 0) is 4.79 Å². The number of nitrogens with one attached hydrogen (secondary N) is 1. The molecule has 1 aromatic carbocycles. The van der Waals surface area contributed by atoms with Crippen molar-refractivity contribution in [2.45, 2.75) is 18.9 Å². The molecule has 2 atom stereocenters. The van der Waals surface area contributed by atoms with E-state index < -0.39 is 0 Å². The molecule has 1 aromatic heterocycles. The molecule has 0 radical (unpaired) electrons. The number of nitrogens with two attached hydrogens (primary N) is 1. The molecule has 5 nitrogen and oxygen atoms in total. The summed E-state index contributed by atoms with van der Waals surface area (Å²) in [5, 5.41) is 13.2. The van der Waals surface area contributed by atoms with Gasteiger partial charge in [0, 0.05) is 11.6 Å². The Labute approximate surface area is 126 Å². The monoisotopic (exact) mass is 300 g/mol. The smallest absolute Gasteiger partial charge is 0.222 e. The zero-order valence-corrected chi connectivity index (χ0v) is 12.2. The predicted octanol–water partition coefficient (Wildman–Crippen LogP) is 2.44. The van der Waals surface area contributed by atoms with Crippen molar-refractivity contribution in [3.63, 3.8) is 0 Å².